The van der Waals surface area contributed by atoms with E-state index in [1.807, 2.05) is 13.8 Å². The van der Waals surface area contributed by atoms with Gasteiger partial charge in [0.25, 0.3) is 0 Å². The van der Waals surface area contributed by atoms with Gasteiger partial charge in [-0.1, -0.05) is 0 Å². The van der Waals surface area contributed by atoms with Gasteiger partial charge >= 0.3 is 5.97 Å². The number of carboxylic acids is 1. The van der Waals surface area contributed by atoms with Crippen molar-refractivity contribution in [2.24, 2.45) is 0 Å². The minimum atomic E-state index is -1.05. The fraction of sp³-hybridized carbons (Fsp3) is 0.462. The van der Waals surface area contributed by atoms with E-state index in [1.165, 1.54) is 12.3 Å². The highest BCUT2D eigenvalue weighted by atomic mass is 16.4. The molecule has 6 heteroatoms. The average molecular weight is 265 g/mol. The molecular weight excluding hydrogens is 246 g/mol. The number of amides is 1. The highest BCUT2D eigenvalue weighted by Gasteiger charge is 2.08. The first-order chi connectivity index (χ1) is 9.08. The first kappa shape index (κ1) is 14.9. The van der Waals surface area contributed by atoms with E-state index < -0.39 is 5.97 Å². The van der Waals surface area contributed by atoms with Crippen molar-refractivity contribution < 1.29 is 14.7 Å². The second kappa shape index (κ2) is 7.35. The molecule has 0 aliphatic carbocycles. The van der Waals surface area contributed by atoms with E-state index in [9.17, 15) is 9.59 Å². The van der Waals surface area contributed by atoms with Gasteiger partial charge in [0, 0.05) is 26.1 Å². The molecule has 1 aromatic heterocycles. The summed E-state index contributed by atoms with van der Waals surface area (Å²) < 4.78 is 0. The van der Waals surface area contributed by atoms with Crippen LogP contribution in [0.5, 0.6) is 0 Å². The van der Waals surface area contributed by atoms with Crippen LogP contribution in [0.4, 0.5) is 5.69 Å². The molecule has 0 aliphatic rings. The maximum Gasteiger partial charge on any atom is 0.354 e. The monoisotopic (exact) mass is 265 g/mol. The Morgan fingerprint density at radius 2 is 2.00 bits per heavy atom. The lowest BCUT2D eigenvalue weighted by molar-refractivity contribution is -0.130. The van der Waals surface area contributed by atoms with Crippen LogP contribution in [0.1, 0.15) is 30.8 Å². The van der Waals surface area contributed by atoms with E-state index in [-0.39, 0.29) is 11.6 Å². The SMILES string of the molecule is CCN(CC)C(=O)CCNc1ccc(C(=O)O)nc1. The van der Waals surface area contributed by atoms with Gasteiger partial charge in [0.2, 0.25) is 5.91 Å². The van der Waals surface area contributed by atoms with Crippen LogP contribution in [0.15, 0.2) is 18.3 Å². The second-order valence-corrected chi connectivity index (χ2v) is 3.98. The zero-order valence-electron chi connectivity index (χ0n) is 11.2. The van der Waals surface area contributed by atoms with Gasteiger partial charge in [-0.05, 0) is 26.0 Å². The number of anilines is 1. The quantitative estimate of drug-likeness (QED) is 0.779. The summed E-state index contributed by atoms with van der Waals surface area (Å²) in [5, 5.41) is 11.7. The summed E-state index contributed by atoms with van der Waals surface area (Å²) in [7, 11) is 0. The van der Waals surface area contributed by atoms with E-state index in [0.29, 0.717) is 31.7 Å². The summed E-state index contributed by atoms with van der Waals surface area (Å²) in [5.74, 6) is -0.948. The highest BCUT2D eigenvalue weighted by Crippen LogP contribution is 2.06. The number of aromatic nitrogens is 1. The maximum absolute atomic E-state index is 11.7. The Kier molecular flexibility index (Phi) is 5.78. The third kappa shape index (κ3) is 4.57. The van der Waals surface area contributed by atoms with Crippen molar-refractivity contribution in [2.45, 2.75) is 20.3 Å². The maximum atomic E-state index is 11.7. The molecule has 0 aromatic carbocycles. The topological polar surface area (TPSA) is 82.5 Å². The van der Waals surface area contributed by atoms with Crippen molar-refractivity contribution in [1.82, 2.24) is 9.88 Å². The second-order valence-electron chi connectivity index (χ2n) is 3.98. The summed E-state index contributed by atoms with van der Waals surface area (Å²) in [6.45, 7) is 5.82. The standard InChI is InChI=1S/C13H19N3O3/c1-3-16(4-2)12(17)7-8-14-10-5-6-11(13(18)19)15-9-10/h5-6,9,14H,3-4,7-8H2,1-2H3,(H,18,19). The molecule has 0 spiro atoms. The van der Waals surface area contributed by atoms with Crippen molar-refractivity contribution in [3.8, 4) is 0 Å². The number of carboxylic acid groups (broad SMARTS) is 1. The zero-order chi connectivity index (χ0) is 14.3. The van der Waals surface area contributed by atoms with Gasteiger partial charge in [-0.3, -0.25) is 4.79 Å². The molecule has 6 nitrogen and oxygen atoms in total. The number of nitrogens with zero attached hydrogens (tertiary/aromatic N) is 2. The van der Waals surface area contributed by atoms with Crippen LogP contribution in [0.25, 0.3) is 0 Å². The molecule has 0 saturated heterocycles. The molecule has 19 heavy (non-hydrogen) atoms. The zero-order valence-corrected chi connectivity index (χ0v) is 11.2. The van der Waals surface area contributed by atoms with Crippen molar-refractivity contribution in [2.75, 3.05) is 25.0 Å². The molecule has 1 amide bonds. The number of nitrogens with one attached hydrogen (secondary N) is 1. The van der Waals surface area contributed by atoms with Crippen LogP contribution >= 0.6 is 0 Å². The number of pyridine rings is 1. The van der Waals surface area contributed by atoms with Crippen LogP contribution in [0.3, 0.4) is 0 Å². The molecule has 0 radical (unpaired) electrons. The van der Waals surface area contributed by atoms with Crippen LogP contribution < -0.4 is 5.32 Å². The Bertz CT molecular complexity index is 427. The fourth-order valence-electron chi connectivity index (χ4n) is 1.67. The minimum Gasteiger partial charge on any atom is -0.477 e. The molecule has 0 fully saturated rings. The van der Waals surface area contributed by atoms with Gasteiger partial charge in [0.1, 0.15) is 5.69 Å². The molecule has 1 aromatic rings. The van der Waals surface area contributed by atoms with E-state index in [2.05, 4.69) is 10.3 Å². The molecule has 0 atom stereocenters. The van der Waals surface area contributed by atoms with E-state index >= 15 is 0 Å². The van der Waals surface area contributed by atoms with Gasteiger partial charge in [-0.15, -0.1) is 0 Å². The molecule has 1 rings (SSSR count). The first-order valence-corrected chi connectivity index (χ1v) is 6.29. The average Bonchev–Trinajstić information content (AvgIpc) is 2.40. The number of hydrogen-bond acceptors (Lipinski definition) is 4. The van der Waals surface area contributed by atoms with Crippen LogP contribution in [-0.2, 0) is 4.79 Å². The number of carbonyl (C=O) groups is 2. The molecule has 0 aliphatic heterocycles. The van der Waals surface area contributed by atoms with Gasteiger partial charge in [-0.25, -0.2) is 9.78 Å². The highest BCUT2D eigenvalue weighted by molar-refractivity contribution is 5.85. The lowest BCUT2D eigenvalue weighted by Crippen LogP contribution is -2.31. The number of rotatable bonds is 7. The van der Waals surface area contributed by atoms with Gasteiger partial charge < -0.3 is 15.3 Å². The molecule has 0 bridgehead atoms. The summed E-state index contributed by atoms with van der Waals surface area (Å²) in [6.07, 6.45) is 1.85. The Labute approximate surface area is 112 Å². The van der Waals surface area contributed by atoms with Crippen LogP contribution in [-0.4, -0.2) is 46.5 Å². The van der Waals surface area contributed by atoms with Crippen molar-refractivity contribution in [3.63, 3.8) is 0 Å². The smallest absolute Gasteiger partial charge is 0.354 e. The fourth-order valence-corrected chi connectivity index (χ4v) is 1.67. The third-order valence-electron chi connectivity index (χ3n) is 2.77. The summed E-state index contributed by atoms with van der Waals surface area (Å²) >= 11 is 0. The third-order valence-corrected chi connectivity index (χ3v) is 2.77. The molecule has 104 valence electrons. The summed E-state index contributed by atoms with van der Waals surface area (Å²) in [4.78, 5) is 27.9. The van der Waals surface area contributed by atoms with Gasteiger partial charge in [0.15, 0.2) is 0 Å². The van der Waals surface area contributed by atoms with E-state index in [4.69, 9.17) is 5.11 Å². The Balaban J connectivity index is 2.41. The molecule has 2 N–H and O–H groups in total. The van der Waals surface area contributed by atoms with E-state index in [1.54, 1.807) is 11.0 Å². The number of carbonyl (C=O) groups excluding carboxylic acids is 1. The summed E-state index contributed by atoms with van der Waals surface area (Å²) in [6, 6.07) is 3.06. The Morgan fingerprint density at radius 1 is 1.32 bits per heavy atom. The lowest BCUT2D eigenvalue weighted by Gasteiger charge is -2.18. The largest absolute Gasteiger partial charge is 0.477 e. The minimum absolute atomic E-state index is 0.00441. The first-order valence-electron chi connectivity index (χ1n) is 6.29. The van der Waals surface area contributed by atoms with Gasteiger partial charge in [0.05, 0.1) is 11.9 Å². The van der Waals surface area contributed by atoms with Crippen LogP contribution in [0, 0.1) is 0 Å². The number of aromatic carboxylic acids is 1. The Hall–Kier alpha value is -2.11. The van der Waals surface area contributed by atoms with Crippen molar-refractivity contribution >= 4 is 17.6 Å². The molecule has 1 heterocycles. The molecule has 0 saturated carbocycles. The molecule has 0 unspecified atom stereocenters. The van der Waals surface area contributed by atoms with E-state index in [0.717, 1.165) is 0 Å². The lowest BCUT2D eigenvalue weighted by atomic mass is 10.3. The predicted molar refractivity (Wildman–Crippen MR) is 72.2 cm³/mol. The predicted octanol–water partition coefficient (Wildman–Crippen LogP) is 1.45. The van der Waals surface area contributed by atoms with Crippen molar-refractivity contribution in [3.05, 3.63) is 24.0 Å². The van der Waals surface area contributed by atoms with Crippen LogP contribution in [0.2, 0.25) is 0 Å². The van der Waals surface area contributed by atoms with Crippen molar-refractivity contribution in [1.29, 1.82) is 0 Å². The molecular formula is C13H19N3O3. The summed E-state index contributed by atoms with van der Waals surface area (Å²) in [5.41, 5.74) is 0.710. The normalized spacial score (nSPS) is 10.0. The van der Waals surface area contributed by atoms with Gasteiger partial charge in [-0.2, -0.15) is 0 Å². The number of hydrogen-bond donors (Lipinski definition) is 2. The Morgan fingerprint density at radius 3 is 2.47 bits per heavy atom.